The molecule has 1 nitrogen and oxygen atoms in total. The van der Waals surface area contributed by atoms with Gasteiger partial charge < -0.3 is 5.32 Å². The van der Waals surface area contributed by atoms with Crippen LogP contribution in [0.2, 0.25) is 0 Å². The minimum Gasteiger partial charge on any atom is -0.378 e. The SMILES string of the molecule is CC(C)c1cccc(NC2CCSc3c(F)cccc32)c1. The maximum absolute atomic E-state index is 13.9. The molecule has 0 radical (unpaired) electrons. The van der Waals surface area contributed by atoms with Crippen LogP contribution in [-0.2, 0) is 0 Å². The smallest absolute Gasteiger partial charge is 0.137 e. The van der Waals surface area contributed by atoms with Crippen LogP contribution in [0.25, 0.3) is 0 Å². The van der Waals surface area contributed by atoms with E-state index in [1.54, 1.807) is 23.9 Å². The number of rotatable bonds is 3. The molecule has 0 amide bonds. The standard InChI is InChI=1S/C18H20FNS/c1-12(2)13-5-3-6-14(11-13)20-17-9-10-21-18-15(17)7-4-8-16(18)19/h3-8,11-12,17,20H,9-10H2,1-2H3. The fraction of sp³-hybridized carbons (Fsp3) is 0.333. The fourth-order valence-corrected chi connectivity index (χ4v) is 3.87. The zero-order valence-corrected chi connectivity index (χ0v) is 13.2. The molecule has 0 bridgehead atoms. The molecule has 21 heavy (non-hydrogen) atoms. The Labute approximate surface area is 130 Å². The van der Waals surface area contributed by atoms with E-state index in [1.807, 2.05) is 6.07 Å². The van der Waals surface area contributed by atoms with Crippen molar-refractivity contribution in [3.8, 4) is 0 Å². The van der Waals surface area contributed by atoms with Crippen LogP contribution in [0.15, 0.2) is 47.4 Å². The summed E-state index contributed by atoms with van der Waals surface area (Å²) < 4.78 is 13.9. The summed E-state index contributed by atoms with van der Waals surface area (Å²) in [6.07, 6.45) is 1.02. The van der Waals surface area contributed by atoms with E-state index in [4.69, 9.17) is 0 Å². The molecule has 1 aliphatic heterocycles. The van der Waals surface area contributed by atoms with Gasteiger partial charge in [-0.05, 0) is 41.7 Å². The van der Waals surface area contributed by atoms with Gasteiger partial charge in [0.1, 0.15) is 5.82 Å². The van der Waals surface area contributed by atoms with Crippen LogP contribution in [0.4, 0.5) is 10.1 Å². The van der Waals surface area contributed by atoms with Gasteiger partial charge in [0.25, 0.3) is 0 Å². The van der Waals surface area contributed by atoms with Crippen LogP contribution < -0.4 is 5.32 Å². The first-order valence-electron chi connectivity index (χ1n) is 7.43. The monoisotopic (exact) mass is 301 g/mol. The quantitative estimate of drug-likeness (QED) is 0.792. The summed E-state index contributed by atoms with van der Waals surface area (Å²) in [4.78, 5) is 0.807. The zero-order valence-electron chi connectivity index (χ0n) is 12.4. The Morgan fingerprint density at radius 2 is 2.00 bits per heavy atom. The minimum absolute atomic E-state index is 0.0973. The Balaban J connectivity index is 1.87. The normalized spacial score (nSPS) is 17.6. The molecule has 1 atom stereocenters. The Hall–Kier alpha value is -1.48. The van der Waals surface area contributed by atoms with Crippen molar-refractivity contribution in [3.63, 3.8) is 0 Å². The molecule has 0 saturated carbocycles. The van der Waals surface area contributed by atoms with Crippen molar-refractivity contribution < 1.29 is 4.39 Å². The van der Waals surface area contributed by atoms with E-state index in [0.717, 1.165) is 28.3 Å². The summed E-state index contributed by atoms with van der Waals surface area (Å²) >= 11 is 1.62. The number of benzene rings is 2. The van der Waals surface area contributed by atoms with Crippen LogP contribution in [-0.4, -0.2) is 5.75 Å². The summed E-state index contributed by atoms with van der Waals surface area (Å²) in [5.41, 5.74) is 3.53. The first-order valence-corrected chi connectivity index (χ1v) is 8.41. The molecule has 0 aliphatic carbocycles. The second-order valence-electron chi connectivity index (χ2n) is 5.77. The van der Waals surface area contributed by atoms with Crippen LogP contribution in [0.3, 0.4) is 0 Å². The topological polar surface area (TPSA) is 12.0 Å². The van der Waals surface area contributed by atoms with Crippen LogP contribution in [0.5, 0.6) is 0 Å². The summed E-state index contributed by atoms with van der Waals surface area (Å²) in [6, 6.07) is 14.1. The zero-order chi connectivity index (χ0) is 14.8. The van der Waals surface area contributed by atoms with E-state index in [0.29, 0.717) is 5.92 Å². The number of anilines is 1. The highest BCUT2D eigenvalue weighted by Crippen LogP contribution is 2.39. The fourth-order valence-electron chi connectivity index (χ4n) is 2.73. The molecule has 1 aliphatic rings. The van der Waals surface area contributed by atoms with Gasteiger partial charge in [-0.15, -0.1) is 11.8 Å². The van der Waals surface area contributed by atoms with E-state index in [9.17, 15) is 4.39 Å². The predicted molar refractivity (Wildman–Crippen MR) is 88.6 cm³/mol. The van der Waals surface area contributed by atoms with Gasteiger partial charge in [-0.25, -0.2) is 4.39 Å². The molecule has 0 spiro atoms. The van der Waals surface area contributed by atoms with Crippen molar-refractivity contribution in [1.82, 2.24) is 0 Å². The van der Waals surface area contributed by atoms with Gasteiger partial charge in [0.2, 0.25) is 0 Å². The maximum atomic E-state index is 13.9. The van der Waals surface area contributed by atoms with Crippen molar-refractivity contribution in [2.45, 2.75) is 37.1 Å². The molecular formula is C18H20FNS. The van der Waals surface area contributed by atoms with Gasteiger partial charge in [0, 0.05) is 16.3 Å². The average molecular weight is 301 g/mol. The molecule has 3 heteroatoms. The molecule has 2 aromatic carbocycles. The molecule has 1 unspecified atom stereocenters. The molecule has 0 saturated heterocycles. The first kappa shape index (κ1) is 14.5. The van der Waals surface area contributed by atoms with Gasteiger partial charge >= 0.3 is 0 Å². The second kappa shape index (κ2) is 6.10. The lowest BCUT2D eigenvalue weighted by atomic mass is 10.0. The van der Waals surface area contributed by atoms with Crippen LogP contribution in [0, 0.1) is 5.82 Å². The predicted octanol–water partition coefficient (Wildman–Crippen LogP) is 5.60. The molecular weight excluding hydrogens is 281 g/mol. The lowest BCUT2D eigenvalue weighted by molar-refractivity contribution is 0.585. The van der Waals surface area contributed by atoms with Gasteiger partial charge in [-0.1, -0.05) is 38.1 Å². The molecule has 1 N–H and O–H groups in total. The van der Waals surface area contributed by atoms with Crippen LogP contribution >= 0.6 is 11.8 Å². The Morgan fingerprint density at radius 3 is 2.81 bits per heavy atom. The Bertz CT molecular complexity index is 639. The first-order chi connectivity index (χ1) is 10.1. The van der Waals surface area contributed by atoms with Crippen molar-refractivity contribution in [1.29, 1.82) is 0 Å². The lowest BCUT2D eigenvalue weighted by Gasteiger charge is -2.27. The van der Waals surface area contributed by atoms with Crippen molar-refractivity contribution in [3.05, 3.63) is 59.4 Å². The number of thioether (sulfide) groups is 1. The van der Waals surface area contributed by atoms with E-state index in [1.165, 1.54) is 5.56 Å². The summed E-state index contributed by atoms with van der Waals surface area (Å²) in [5, 5.41) is 3.58. The van der Waals surface area contributed by atoms with E-state index >= 15 is 0 Å². The van der Waals surface area contributed by atoms with Crippen LogP contribution in [0.1, 0.15) is 43.4 Å². The van der Waals surface area contributed by atoms with E-state index in [-0.39, 0.29) is 11.9 Å². The highest BCUT2D eigenvalue weighted by Gasteiger charge is 2.23. The van der Waals surface area contributed by atoms with Gasteiger partial charge in [0.15, 0.2) is 0 Å². The number of halogens is 1. The van der Waals surface area contributed by atoms with Gasteiger partial charge in [-0.3, -0.25) is 0 Å². The Morgan fingerprint density at radius 1 is 1.19 bits per heavy atom. The number of hydrogen-bond donors (Lipinski definition) is 1. The number of nitrogens with one attached hydrogen (secondary N) is 1. The maximum Gasteiger partial charge on any atom is 0.137 e. The van der Waals surface area contributed by atoms with Crippen molar-refractivity contribution in [2.75, 3.05) is 11.1 Å². The average Bonchev–Trinajstić information content (AvgIpc) is 2.49. The number of fused-ring (bicyclic) bond motifs is 1. The molecule has 1 heterocycles. The summed E-state index contributed by atoms with van der Waals surface area (Å²) in [5.74, 6) is 1.37. The van der Waals surface area contributed by atoms with Crippen molar-refractivity contribution in [2.24, 2.45) is 0 Å². The third-order valence-corrected chi connectivity index (χ3v) is 5.08. The third-order valence-electron chi connectivity index (χ3n) is 3.92. The van der Waals surface area contributed by atoms with Crippen molar-refractivity contribution >= 4 is 17.4 Å². The molecule has 110 valence electrons. The molecule has 3 rings (SSSR count). The van der Waals surface area contributed by atoms with E-state index < -0.39 is 0 Å². The molecule has 2 aromatic rings. The molecule has 0 aromatic heterocycles. The number of hydrogen-bond acceptors (Lipinski definition) is 2. The minimum atomic E-state index is -0.0973. The summed E-state index contributed by atoms with van der Waals surface area (Å²) in [7, 11) is 0. The van der Waals surface area contributed by atoms with Gasteiger partial charge in [0.05, 0.1) is 6.04 Å². The highest BCUT2D eigenvalue weighted by molar-refractivity contribution is 7.99. The Kier molecular flexibility index (Phi) is 4.20. The largest absolute Gasteiger partial charge is 0.378 e. The molecule has 0 fully saturated rings. The lowest BCUT2D eigenvalue weighted by Crippen LogP contribution is -2.17. The summed E-state index contributed by atoms with van der Waals surface area (Å²) in [6.45, 7) is 4.39. The third kappa shape index (κ3) is 3.08. The highest BCUT2D eigenvalue weighted by atomic mass is 32.2. The van der Waals surface area contributed by atoms with Gasteiger partial charge in [-0.2, -0.15) is 0 Å². The van der Waals surface area contributed by atoms with E-state index in [2.05, 4.69) is 43.4 Å². The second-order valence-corrected chi connectivity index (χ2v) is 6.88.